The van der Waals surface area contributed by atoms with E-state index in [4.69, 9.17) is 9.47 Å². The lowest BCUT2D eigenvalue weighted by atomic mass is 9.84. The third-order valence-corrected chi connectivity index (χ3v) is 5.35. The highest BCUT2D eigenvalue weighted by molar-refractivity contribution is 5.94. The second kappa shape index (κ2) is 8.89. The summed E-state index contributed by atoms with van der Waals surface area (Å²) in [5.41, 5.74) is 0.915. The van der Waals surface area contributed by atoms with Crippen LogP contribution in [0.25, 0.3) is 0 Å². The van der Waals surface area contributed by atoms with Crippen molar-refractivity contribution in [1.82, 2.24) is 10.2 Å². The smallest absolute Gasteiger partial charge is 0.267 e. The van der Waals surface area contributed by atoms with E-state index in [-0.39, 0.29) is 30.6 Å². The van der Waals surface area contributed by atoms with Crippen LogP contribution in [0.5, 0.6) is 11.5 Å². The standard InChI is InChI=1S/C22H19F4N3O3/c1-31-17-4-2-3-12(13-8-19(30)28-22-15(13)9-27-29-22)16(17)10-32-18-6-5-11(20(23)24)7-14(18)21(25)26/h2-7,9,13,20-21H,8,10H2,1H3,(H2,27,28,29,30). The maximum absolute atomic E-state index is 13.5. The molecule has 6 nitrogen and oxygen atoms in total. The minimum atomic E-state index is -2.99. The first-order valence-electron chi connectivity index (χ1n) is 9.71. The Hall–Kier alpha value is -3.56. The molecule has 32 heavy (non-hydrogen) atoms. The summed E-state index contributed by atoms with van der Waals surface area (Å²) in [6, 6.07) is 8.16. The van der Waals surface area contributed by atoms with Crippen LogP contribution in [0.1, 0.15) is 53.0 Å². The van der Waals surface area contributed by atoms with E-state index in [9.17, 15) is 22.4 Å². The lowest BCUT2D eigenvalue weighted by Gasteiger charge is -2.25. The maximum Gasteiger partial charge on any atom is 0.267 e. The summed E-state index contributed by atoms with van der Waals surface area (Å²) in [7, 11) is 1.46. The molecular weight excluding hydrogens is 430 g/mol. The number of halogens is 4. The zero-order valence-corrected chi connectivity index (χ0v) is 16.9. The van der Waals surface area contributed by atoms with Gasteiger partial charge in [-0.25, -0.2) is 17.6 Å². The van der Waals surface area contributed by atoms with Gasteiger partial charge in [-0.1, -0.05) is 12.1 Å². The van der Waals surface area contributed by atoms with Gasteiger partial charge in [0.25, 0.3) is 12.9 Å². The number of anilines is 1. The highest BCUT2D eigenvalue weighted by Crippen LogP contribution is 2.40. The van der Waals surface area contributed by atoms with E-state index in [1.807, 2.05) is 0 Å². The molecule has 0 radical (unpaired) electrons. The Kier molecular flexibility index (Phi) is 6.02. The number of hydrogen-bond donors (Lipinski definition) is 2. The molecule has 0 spiro atoms. The summed E-state index contributed by atoms with van der Waals surface area (Å²) in [6.07, 6.45) is -4.03. The number of benzene rings is 2. The molecule has 1 aliphatic rings. The third kappa shape index (κ3) is 4.12. The quantitative estimate of drug-likeness (QED) is 0.477. The number of nitrogens with one attached hydrogen (secondary N) is 2. The van der Waals surface area contributed by atoms with Crippen molar-refractivity contribution in [3.63, 3.8) is 0 Å². The number of carbonyl (C=O) groups is 1. The predicted octanol–water partition coefficient (Wildman–Crippen LogP) is 5.35. The highest BCUT2D eigenvalue weighted by atomic mass is 19.3. The van der Waals surface area contributed by atoms with E-state index in [1.165, 1.54) is 7.11 Å². The van der Waals surface area contributed by atoms with Crippen LogP contribution in [-0.4, -0.2) is 23.2 Å². The molecular formula is C22H19F4N3O3. The van der Waals surface area contributed by atoms with Gasteiger partial charge in [0.05, 0.1) is 12.7 Å². The van der Waals surface area contributed by atoms with Gasteiger partial charge in [-0.15, -0.1) is 0 Å². The molecule has 10 heteroatoms. The molecule has 0 saturated heterocycles. The Morgan fingerprint density at radius 2 is 1.91 bits per heavy atom. The number of methoxy groups -OCH3 is 1. The fraction of sp³-hybridized carbons (Fsp3) is 0.273. The Balaban J connectivity index is 1.70. The van der Waals surface area contributed by atoms with E-state index >= 15 is 0 Å². The summed E-state index contributed by atoms with van der Waals surface area (Å²) < 4.78 is 63.9. The van der Waals surface area contributed by atoms with Gasteiger partial charge in [0.2, 0.25) is 5.91 Å². The second-order valence-electron chi connectivity index (χ2n) is 7.21. The number of ether oxygens (including phenoxy) is 2. The van der Waals surface area contributed by atoms with Crippen molar-refractivity contribution in [1.29, 1.82) is 0 Å². The van der Waals surface area contributed by atoms with Crippen molar-refractivity contribution < 1.29 is 31.8 Å². The molecule has 1 aromatic heterocycles. The second-order valence-corrected chi connectivity index (χ2v) is 7.21. The van der Waals surface area contributed by atoms with Crippen LogP contribution in [-0.2, 0) is 11.4 Å². The first-order chi connectivity index (χ1) is 15.4. The normalized spacial score (nSPS) is 15.6. The Morgan fingerprint density at radius 1 is 1.09 bits per heavy atom. The lowest BCUT2D eigenvalue weighted by molar-refractivity contribution is -0.116. The largest absolute Gasteiger partial charge is 0.496 e. The first-order valence-corrected chi connectivity index (χ1v) is 9.71. The van der Waals surface area contributed by atoms with Gasteiger partial charge >= 0.3 is 0 Å². The fourth-order valence-electron chi connectivity index (χ4n) is 3.83. The zero-order chi connectivity index (χ0) is 22.8. The first kappa shape index (κ1) is 21.7. The topological polar surface area (TPSA) is 76.2 Å². The van der Waals surface area contributed by atoms with Gasteiger partial charge in [-0.2, -0.15) is 5.10 Å². The molecule has 168 valence electrons. The minimum Gasteiger partial charge on any atom is -0.496 e. The average molecular weight is 449 g/mol. The highest BCUT2D eigenvalue weighted by Gasteiger charge is 2.31. The number of H-pyrrole nitrogens is 1. The van der Waals surface area contributed by atoms with Crippen LogP contribution in [0.3, 0.4) is 0 Å². The van der Waals surface area contributed by atoms with E-state index in [0.717, 1.165) is 23.8 Å². The van der Waals surface area contributed by atoms with Crippen LogP contribution in [0.15, 0.2) is 42.6 Å². The third-order valence-electron chi connectivity index (χ3n) is 5.35. The lowest BCUT2D eigenvalue weighted by Crippen LogP contribution is -2.24. The van der Waals surface area contributed by atoms with Crippen LogP contribution in [0.2, 0.25) is 0 Å². The average Bonchev–Trinajstić information content (AvgIpc) is 3.25. The fourth-order valence-corrected chi connectivity index (χ4v) is 3.83. The number of fused-ring (bicyclic) bond motifs is 1. The number of nitrogens with zero attached hydrogens (tertiary/aromatic N) is 1. The number of amides is 1. The summed E-state index contributed by atoms with van der Waals surface area (Å²) in [4.78, 5) is 12.2. The van der Waals surface area contributed by atoms with Gasteiger partial charge in [0.1, 0.15) is 18.1 Å². The molecule has 3 aromatic rings. The van der Waals surface area contributed by atoms with Gasteiger partial charge in [0.15, 0.2) is 5.82 Å². The molecule has 1 amide bonds. The summed E-state index contributed by atoms with van der Waals surface area (Å²) in [5, 5.41) is 9.46. The molecule has 1 unspecified atom stereocenters. The van der Waals surface area contributed by atoms with Gasteiger partial charge in [-0.3, -0.25) is 9.89 Å². The van der Waals surface area contributed by atoms with Crippen molar-refractivity contribution in [2.45, 2.75) is 31.8 Å². The van der Waals surface area contributed by atoms with Crippen LogP contribution in [0, 0.1) is 0 Å². The van der Waals surface area contributed by atoms with Crippen molar-refractivity contribution in [3.05, 3.63) is 70.4 Å². The summed E-state index contributed by atoms with van der Waals surface area (Å²) in [6.45, 7) is -0.168. The molecule has 0 fully saturated rings. The van der Waals surface area contributed by atoms with E-state index in [0.29, 0.717) is 22.7 Å². The van der Waals surface area contributed by atoms with E-state index in [1.54, 1.807) is 24.4 Å². The van der Waals surface area contributed by atoms with Crippen molar-refractivity contribution >= 4 is 11.7 Å². The van der Waals surface area contributed by atoms with Crippen molar-refractivity contribution in [2.24, 2.45) is 0 Å². The Morgan fingerprint density at radius 3 is 2.62 bits per heavy atom. The van der Waals surface area contributed by atoms with Crippen molar-refractivity contribution in [3.8, 4) is 11.5 Å². The number of aromatic amines is 1. The summed E-state index contributed by atoms with van der Waals surface area (Å²) >= 11 is 0. The predicted molar refractivity (Wildman–Crippen MR) is 107 cm³/mol. The molecule has 4 rings (SSSR count). The molecule has 2 aromatic carbocycles. The SMILES string of the molecule is COc1cccc(C2CC(=O)Nc3n[nH]cc32)c1COc1ccc(C(F)F)cc1C(F)F. The van der Waals surface area contributed by atoms with Crippen LogP contribution in [0.4, 0.5) is 23.4 Å². The molecule has 0 saturated carbocycles. The molecule has 2 heterocycles. The minimum absolute atomic E-state index is 0.151. The number of alkyl halides is 4. The molecule has 0 aliphatic carbocycles. The molecule has 1 atom stereocenters. The van der Waals surface area contributed by atoms with E-state index < -0.39 is 24.0 Å². The van der Waals surface area contributed by atoms with E-state index in [2.05, 4.69) is 15.5 Å². The number of aromatic nitrogens is 2. The van der Waals surface area contributed by atoms with Crippen LogP contribution >= 0.6 is 0 Å². The monoisotopic (exact) mass is 449 g/mol. The zero-order valence-electron chi connectivity index (χ0n) is 16.9. The number of carbonyl (C=O) groups excluding carboxylic acids is 1. The number of rotatable bonds is 7. The number of hydrogen-bond acceptors (Lipinski definition) is 4. The van der Waals surface area contributed by atoms with Crippen LogP contribution < -0.4 is 14.8 Å². The Bertz CT molecular complexity index is 1130. The van der Waals surface area contributed by atoms with Crippen molar-refractivity contribution in [2.75, 3.05) is 12.4 Å². The molecule has 0 bridgehead atoms. The summed E-state index contributed by atoms with van der Waals surface area (Å²) in [5.74, 6) is 0.0883. The molecule has 1 aliphatic heterocycles. The maximum atomic E-state index is 13.5. The Labute approximate surface area is 180 Å². The van der Waals surface area contributed by atoms with Gasteiger partial charge in [0, 0.05) is 35.2 Å². The van der Waals surface area contributed by atoms with Gasteiger partial charge < -0.3 is 14.8 Å². The van der Waals surface area contributed by atoms with Gasteiger partial charge in [-0.05, 0) is 29.8 Å². The molecule has 2 N–H and O–H groups in total.